The largest absolute Gasteiger partial charge is 0.486 e. The Kier molecular flexibility index (Phi) is 6.43. The average molecular weight is 470 g/mol. The van der Waals surface area contributed by atoms with Gasteiger partial charge in [-0.1, -0.05) is 35.0 Å². The quantitative estimate of drug-likeness (QED) is 0.325. The fourth-order valence-corrected chi connectivity index (χ4v) is 3.55. The molecule has 3 heterocycles. The zero-order valence-electron chi connectivity index (χ0n) is 16.7. The highest BCUT2D eigenvalue weighted by Crippen LogP contribution is 2.29. The normalized spacial score (nSPS) is 10.6. The molecule has 0 aliphatic rings. The molecule has 11 heteroatoms. The van der Waals surface area contributed by atoms with E-state index >= 15 is 0 Å². The molecule has 32 heavy (non-hydrogen) atoms. The van der Waals surface area contributed by atoms with Crippen LogP contribution in [-0.2, 0) is 6.61 Å². The van der Waals surface area contributed by atoms with Gasteiger partial charge in [-0.3, -0.25) is 20.4 Å². The van der Waals surface area contributed by atoms with Crippen molar-refractivity contribution in [2.75, 3.05) is 0 Å². The van der Waals surface area contributed by atoms with E-state index in [4.69, 9.17) is 20.9 Å². The summed E-state index contributed by atoms with van der Waals surface area (Å²) in [6.07, 6.45) is 1.30. The molecular formula is C21H16ClN5O4S. The number of carbonyl (C=O) groups is 2. The first-order valence-corrected chi connectivity index (χ1v) is 10.6. The Bertz CT molecular complexity index is 1240. The fraction of sp³-hybridized carbons (Fsp3) is 0.0952. The van der Waals surface area contributed by atoms with Crippen LogP contribution in [0, 0.1) is 6.92 Å². The molecule has 0 fully saturated rings. The van der Waals surface area contributed by atoms with E-state index in [0.717, 1.165) is 10.8 Å². The highest BCUT2D eigenvalue weighted by molar-refractivity contribution is 7.09. The van der Waals surface area contributed by atoms with E-state index in [-0.39, 0.29) is 23.0 Å². The van der Waals surface area contributed by atoms with Crippen LogP contribution in [0.15, 0.2) is 58.6 Å². The molecule has 0 saturated heterocycles. The summed E-state index contributed by atoms with van der Waals surface area (Å²) in [5.74, 6) is -0.0539. The monoisotopic (exact) mass is 469 g/mol. The van der Waals surface area contributed by atoms with Gasteiger partial charge in [0.25, 0.3) is 11.8 Å². The molecule has 1 aromatic carbocycles. The molecule has 0 spiro atoms. The minimum absolute atomic E-state index is 0.00198. The van der Waals surface area contributed by atoms with Crippen molar-refractivity contribution in [2.45, 2.75) is 13.5 Å². The lowest BCUT2D eigenvalue weighted by atomic mass is 10.1. The van der Waals surface area contributed by atoms with Gasteiger partial charge in [-0.2, -0.15) is 0 Å². The van der Waals surface area contributed by atoms with E-state index in [1.54, 1.807) is 12.3 Å². The van der Waals surface area contributed by atoms with Crippen LogP contribution in [0.25, 0.3) is 11.3 Å². The molecule has 0 radical (unpaired) electrons. The van der Waals surface area contributed by atoms with Crippen molar-refractivity contribution < 1.29 is 18.8 Å². The SMILES string of the molecule is Cc1onc(C(=O)NNC(=O)c2ccc(Cl)nc2)c1-c1csc(COc2ccccc2)n1. The van der Waals surface area contributed by atoms with E-state index in [1.165, 1.54) is 29.7 Å². The zero-order valence-corrected chi connectivity index (χ0v) is 18.2. The predicted molar refractivity (Wildman–Crippen MR) is 117 cm³/mol. The molecule has 4 rings (SSSR count). The highest BCUT2D eigenvalue weighted by Gasteiger charge is 2.24. The Morgan fingerprint density at radius 1 is 1.12 bits per heavy atom. The number of carbonyl (C=O) groups excluding carboxylic acids is 2. The van der Waals surface area contributed by atoms with Gasteiger partial charge in [0.2, 0.25) is 0 Å². The third-order valence-corrected chi connectivity index (χ3v) is 5.32. The van der Waals surface area contributed by atoms with Gasteiger partial charge in [-0.25, -0.2) is 9.97 Å². The van der Waals surface area contributed by atoms with E-state index in [2.05, 4.69) is 26.0 Å². The summed E-state index contributed by atoms with van der Waals surface area (Å²) in [6, 6.07) is 12.3. The van der Waals surface area contributed by atoms with Crippen LogP contribution in [0.2, 0.25) is 5.15 Å². The summed E-state index contributed by atoms with van der Waals surface area (Å²) >= 11 is 7.10. The van der Waals surface area contributed by atoms with Gasteiger partial charge in [-0.05, 0) is 31.2 Å². The molecule has 162 valence electrons. The summed E-state index contributed by atoms with van der Waals surface area (Å²) in [6.45, 7) is 1.96. The number of benzene rings is 1. The van der Waals surface area contributed by atoms with Gasteiger partial charge < -0.3 is 9.26 Å². The summed E-state index contributed by atoms with van der Waals surface area (Å²) in [4.78, 5) is 33.1. The minimum Gasteiger partial charge on any atom is -0.486 e. The molecule has 2 amide bonds. The number of halogens is 1. The number of thiazole rings is 1. The van der Waals surface area contributed by atoms with Crippen LogP contribution >= 0.6 is 22.9 Å². The summed E-state index contributed by atoms with van der Waals surface area (Å²) in [7, 11) is 0. The third-order valence-electron chi connectivity index (χ3n) is 4.27. The average Bonchev–Trinajstić information content (AvgIpc) is 3.43. The first-order chi connectivity index (χ1) is 15.5. The lowest BCUT2D eigenvalue weighted by Crippen LogP contribution is -2.42. The standard InChI is InChI=1S/C21H16ClN5O4S/c1-12-18(15-11-32-17(24-15)10-30-14-5-3-2-4-6-14)19(27-31-12)21(29)26-25-20(28)13-7-8-16(22)23-9-13/h2-9,11H,10H2,1H3,(H,25,28)(H,26,29). The lowest BCUT2D eigenvalue weighted by Gasteiger charge is -2.06. The maximum Gasteiger partial charge on any atom is 0.292 e. The first kappa shape index (κ1) is 21.5. The van der Waals surface area contributed by atoms with E-state index in [9.17, 15) is 9.59 Å². The molecule has 0 saturated carbocycles. The number of aryl methyl sites for hydroxylation is 1. The molecule has 9 nitrogen and oxygen atoms in total. The lowest BCUT2D eigenvalue weighted by molar-refractivity contribution is 0.0841. The fourth-order valence-electron chi connectivity index (χ4n) is 2.74. The number of pyridine rings is 1. The molecular weight excluding hydrogens is 454 g/mol. The van der Waals surface area contributed by atoms with Gasteiger partial charge in [0, 0.05) is 11.6 Å². The number of rotatable bonds is 6. The molecule has 4 aromatic rings. The van der Waals surface area contributed by atoms with Gasteiger partial charge in [0.1, 0.15) is 28.3 Å². The van der Waals surface area contributed by atoms with Crippen molar-refractivity contribution in [3.63, 3.8) is 0 Å². The Labute approximate surface area is 191 Å². The number of aromatic nitrogens is 3. The van der Waals surface area contributed by atoms with Crippen LogP contribution in [0.5, 0.6) is 5.75 Å². The summed E-state index contributed by atoms with van der Waals surface area (Å²) in [5.41, 5.74) is 5.82. The molecule has 0 aliphatic carbocycles. The van der Waals surface area contributed by atoms with Gasteiger partial charge in [0.15, 0.2) is 5.69 Å². The Morgan fingerprint density at radius 2 is 1.91 bits per heavy atom. The molecule has 0 bridgehead atoms. The van der Waals surface area contributed by atoms with Crippen LogP contribution in [0.1, 0.15) is 31.6 Å². The Hall–Kier alpha value is -3.76. The van der Waals surface area contributed by atoms with Crippen molar-refractivity contribution in [3.8, 4) is 17.0 Å². The van der Waals surface area contributed by atoms with Crippen molar-refractivity contribution in [3.05, 3.63) is 81.2 Å². The van der Waals surface area contributed by atoms with Crippen LogP contribution < -0.4 is 15.6 Å². The second-order valence-corrected chi connectivity index (χ2v) is 7.80. The predicted octanol–water partition coefficient (Wildman–Crippen LogP) is 3.81. The number of hydrogen-bond donors (Lipinski definition) is 2. The van der Waals surface area contributed by atoms with Crippen LogP contribution in [-0.4, -0.2) is 26.9 Å². The van der Waals surface area contributed by atoms with E-state index < -0.39 is 11.8 Å². The van der Waals surface area contributed by atoms with Crippen molar-refractivity contribution >= 4 is 34.8 Å². The number of nitrogens with one attached hydrogen (secondary N) is 2. The first-order valence-electron chi connectivity index (χ1n) is 9.32. The highest BCUT2D eigenvalue weighted by atomic mass is 35.5. The number of ether oxygens (including phenoxy) is 1. The van der Waals surface area contributed by atoms with Crippen molar-refractivity contribution in [1.82, 2.24) is 26.0 Å². The minimum atomic E-state index is -0.651. The second kappa shape index (κ2) is 9.58. The van der Waals surface area contributed by atoms with Gasteiger partial charge >= 0.3 is 0 Å². The topological polar surface area (TPSA) is 119 Å². The smallest absolute Gasteiger partial charge is 0.292 e. The molecule has 0 atom stereocenters. The van der Waals surface area contributed by atoms with E-state index in [0.29, 0.717) is 17.0 Å². The van der Waals surface area contributed by atoms with Crippen molar-refractivity contribution in [1.29, 1.82) is 0 Å². The second-order valence-electron chi connectivity index (χ2n) is 6.47. The molecule has 3 aromatic heterocycles. The maximum absolute atomic E-state index is 12.6. The number of para-hydroxylation sites is 1. The summed E-state index contributed by atoms with van der Waals surface area (Å²) < 4.78 is 10.9. The van der Waals surface area contributed by atoms with Gasteiger partial charge in [-0.15, -0.1) is 11.3 Å². The van der Waals surface area contributed by atoms with E-state index in [1.807, 2.05) is 30.3 Å². The molecule has 0 unspecified atom stereocenters. The zero-order chi connectivity index (χ0) is 22.5. The van der Waals surface area contributed by atoms with Gasteiger partial charge in [0.05, 0.1) is 16.8 Å². The van der Waals surface area contributed by atoms with Crippen LogP contribution in [0.3, 0.4) is 0 Å². The number of hydrazine groups is 1. The maximum atomic E-state index is 12.6. The van der Waals surface area contributed by atoms with Crippen LogP contribution in [0.4, 0.5) is 0 Å². The third kappa shape index (κ3) is 4.93. The number of nitrogens with zero attached hydrogens (tertiary/aromatic N) is 3. The Balaban J connectivity index is 1.43. The summed E-state index contributed by atoms with van der Waals surface area (Å²) in [5, 5.41) is 6.59. The molecule has 2 N–H and O–H groups in total. The Morgan fingerprint density at radius 3 is 2.66 bits per heavy atom. The number of amides is 2. The molecule has 0 aliphatic heterocycles. The van der Waals surface area contributed by atoms with Crippen molar-refractivity contribution in [2.24, 2.45) is 0 Å². The number of hydrogen-bond acceptors (Lipinski definition) is 8.